The molecule has 0 radical (unpaired) electrons. The molecule has 0 aromatic heterocycles. The summed E-state index contributed by atoms with van der Waals surface area (Å²) in [5.74, 6) is 0.747. The lowest BCUT2D eigenvalue weighted by Gasteiger charge is -2.08. The van der Waals surface area contributed by atoms with Gasteiger partial charge in [0.05, 0.1) is 31.4 Å². The van der Waals surface area contributed by atoms with E-state index in [9.17, 15) is 0 Å². The van der Waals surface area contributed by atoms with Crippen LogP contribution in [0.5, 0.6) is 11.5 Å². The quantitative estimate of drug-likeness (QED) is 0.704. The minimum absolute atomic E-state index is 0.295. The van der Waals surface area contributed by atoms with Crippen molar-refractivity contribution in [1.82, 2.24) is 0 Å². The van der Waals surface area contributed by atoms with Gasteiger partial charge in [-0.15, -0.1) is 0 Å². The number of nitriles is 2. The molecule has 1 rings (SSSR count). The zero-order valence-corrected chi connectivity index (χ0v) is 7.87. The average molecular weight is 188 g/mol. The highest BCUT2D eigenvalue weighted by atomic mass is 16.5. The molecular formula is C10H8N2O2. The lowest BCUT2D eigenvalue weighted by atomic mass is 10.1. The molecule has 14 heavy (non-hydrogen) atoms. The van der Waals surface area contributed by atoms with E-state index in [4.69, 9.17) is 20.0 Å². The van der Waals surface area contributed by atoms with Crippen LogP contribution < -0.4 is 9.47 Å². The molecule has 0 fully saturated rings. The molecule has 4 nitrogen and oxygen atoms in total. The first kappa shape index (κ1) is 9.88. The van der Waals surface area contributed by atoms with Gasteiger partial charge < -0.3 is 9.47 Å². The summed E-state index contributed by atoms with van der Waals surface area (Å²) in [6, 6.07) is 6.87. The Labute approximate surface area is 81.9 Å². The van der Waals surface area contributed by atoms with Gasteiger partial charge in [-0.25, -0.2) is 0 Å². The van der Waals surface area contributed by atoms with Crippen LogP contribution in [0, 0.1) is 22.7 Å². The van der Waals surface area contributed by atoms with Crippen molar-refractivity contribution in [2.24, 2.45) is 0 Å². The number of hydrogen-bond acceptors (Lipinski definition) is 4. The van der Waals surface area contributed by atoms with E-state index in [1.165, 1.54) is 26.4 Å². The number of nitrogens with zero attached hydrogens (tertiary/aromatic N) is 2. The van der Waals surface area contributed by atoms with Crippen LogP contribution >= 0.6 is 0 Å². The molecule has 0 heterocycles. The molecule has 0 aliphatic rings. The van der Waals surface area contributed by atoms with Gasteiger partial charge in [0.1, 0.15) is 6.07 Å². The summed E-state index contributed by atoms with van der Waals surface area (Å²) in [7, 11) is 2.91. The summed E-state index contributed by atoms with van der Waals surface area (Å²) < 4.78 is 9.99. The second-order valence-corrected chi connectivity index (χ2v) is 2.48. The summed E-state index contributed by atoms with van der Waals surface area (Å²) >= 11 is 0. The molecular weight excluding hydrogens is 180 g/mol. The second kappa shape index (κ2) is 4.15. The molecule has 4 heteroatoms. The zero-order chi connectivity index (χ0) is 10.6. The fourth-order valence-corrected chi connectivity index (χ4v) is 1.11. The van der Waals surface area contributed by atoms with Crippen molar-refractivity contribution in [1.29, 1.82) is 10.5 Å². The van der Waals surface area contributed by atoms with Crippen molar-refractivity contribution in [2.75, 3.05) is 14.2 Å². The lowest BCUT2D eigenvalue weighted by Crippen LogP contribution is -1.94. The molecule has 1 aromatic rings. The molecule has 0 spiro atoms. The fourth-order valence-electron chi connectivity index (χ4n) is 1.11. The van der Waals surface area contributed by atoms with Crippen molar-refractivity contribution >= 4 is 0 Å². The van der Waals surface area contributed by atoms with E-state index >= 15 is 0 Å². The first-order chi connectivity index (χ1) is 6.76. The van der Waals surface area contributed by atoms with Crippen molar-refractivity contribution in [2.45, 2.75) is 0 Å². The van der Waals surface area contributed by atoms with Gasteiger partial charge in [-0.1, -0.05) is 0 Å². The van der Waals surface area contributed by atoms with Crippen LogP contribution in [0.1, 0.15) is 11.1 Å². The zero-order valence-electron chi connectivity index (χ0n) is 7.87. The van der Waals surface area contributed by atoms with E-state index in [1.807, 2.05) is 12.1 Å². The van der Waals surface area contributed by atoms with E-state index in [0.717, 1.165) is 0 Å². The number of hydrogen-bond donors (Lipinski definition) is 0. The highest BCUT2D eigenvalue weighted by molar-refractivity contribution is 5.57. The Morgan fingerprint density at radius 3 is 2.21 bits per heavy atom. The lowest BCUT2D eigenvalue weighted by molar-refractivity contribution is 0.354. The molecule has 0 saturated carbocycles. The number of ether oxygens (including phenoxy) is 2. The topological polar surface area (TPSA) is 66.0 Å². The predicted molar refractivity (Wildman–Crippen MR) is 49.0 cm³/mol. The highest BCUT2D eigenvalue weighted by Gasteiger charge is 2.11. The molecule has 0 saturated heterocycles. The van der Waals surface area contributed by atoms with Gasteiger partial charge in [0.2, 0.25) is 0 Å². The summed E-state index contributed by atoms with van der Waals surface area (Å²) in [6.45, 7) is 0. The third-order valence-corrected chi connectivity index (χ3v) is 1.73. The molecule has 70 valence electrons. The maximum absolute atomic E-state index is 8.79. The first-order valence-corrected chi connectivity index (χ1v) is 3.83. The van der Waals surface area contributed by atoms with Gasteiger partial charge >= 0.3 is 0 Å². The van der Waals surface area contributed by atoms with Crippen molar-refractivity contribution in [3.63, 3.8) is 0 Å². The molecule has 0 N–H and O–H groups in total. The Kier molecular flexibility index (Phi) is 2.93. The standard InChI is InChI=1S/C10H8N2O2/c1-13-9-4-7(5-11)3-8(6-12)10(9)14-2/h3-4H,1-2H3. The van der Waals surface area contributed by atoms with Gasteiger partial charge in [-0.3, -0.25) is 0 Å². The Hall–Kier alpha value is -2.20. The molecule has 0 amide bonds. The summed E-state index contributed by atoms with van der Waals surface area (Å²) in [6.07, 6.45) is 0. The van der Waals surface area contributed by atoms with Crippen LogP contribution in [-0.4, -0.2) is 14.2 Å². The maximum atomic E-state index is 8.79. The van der Waals surface area contributed by atoms with E-state index in [2.05, 4.69) is 0 Å². The monoisotopic (exact) mass is 188 g/mol. The normalized spacial score (nSPS) is 8.57. The van der Waals surface area contributed by atoms with E-state index < -0.39 is 0 Å². The van der Waals surface area contributed by atoms with Crippen LogP contribution in [-0.2, 0) is 0 Å². The van der Waals surface area contributed by atoms with Gasteiger partial charge in [-0.05, 0) is 6.07 Å². The van der Waals surface area contributed by atoms with Gasteiger partial charge in [0.25, 0.3) is 0 Å². The van der Waals surface area contributed by atoms with Crippen molar-refractivity contribution < 1.29 is 9.47 Å². The van der Waals surface area contributed by atoms with E-state index in [1.54, 1.807) is 0 Å². The smallest absolute Gasteiger partial charge is 0.178 e. The number of rotatable bonds is 2. The third-order valence-electron chi connectivity index (χ3n) is 1.73. The van der Waals surface area contributed by atoms with Crippen molar-refractivity contribution in [3.05, 3.63) is 23.3 Å². The molecule has 0 atom stereocenters. The third kappa shape index (κ3) is 1.60. The van der Waals surface area contributed by atoms with Crippen LogP contribution in [0.3, 0.4) is 0 Å². The molecule has 1 aromatic carbocycles. The van der Waals surface area contributed by atoms with Crippen molar-refractivity contribution in [3.8, 4) is 23.6 Å². The Morgan fingerprint density at radius 2 is 1.79 bits per heavy atom. The second-order valence-electron chi connectivity index (χ2n) is 2.48. The van der Waals surface area contributed by atoms with Gasteiger partial charge in [0.15, 0.2) is 11.5 Å². The first-order valence-electron chi connectivity index (χ1n) is 3.83. The molecule has 0 aliphatic carbocycles. The largest absolute Gasteiger partial charge is 0.493 e. The predicted octanol–water partition coefficient (Wildman–Crippen LogP) is 1.45. The van der Waals surface area contributed by atoms with E-state index in [0.29, 0.717) is 22.6 Å². The van der Waals surface area contributed by atoms with Crippen LogP contribution in [0.4, 0.5) is 0 Å². The minimum Gasteiger partial charge on any atom is -0.493 e. The Balaban J connectivity index is 3.43. The maximum Gasteiger partial charge on any atom is 0.178 e. The summed E-state index contributed by atoms with van der Waals surface area (Å²) in [5, 5.41) is 17.5. The van der Waals surface area contributed by atoms with Gasteiger partial charge in [-0.2, -0.15) is 10.5 Å². The van der Waals surface area contributed by atoms with Gasteiger partial charge in [0, 0.05) is 6.07 Å². The fraction of sp³-hybridized carbons (Fsp3) is 0.200. The van der Waals surface area contributed by atoms with E-state index in [-0.39, 0.29) is 0 Å². The molecule has 0 unspecified atom stereocenters. The Morgan fingerprint density at radius 1 is 1.07 bits per heavy atom. The van der Waals surface area contributed by atoms with Crippen LogP contribution in [0.15, 0.2) is 12.1 Å². The SMILES string of the molecule is COc1cc(C#N)cc(C#N)c1OC. The summed E-state index contributed by atoms with van der Waals surface area (Å²) in [4.78, 5) is 0. The average Bonchev–Trinajstić information content (AvgIpc) is 2.26. The molecule has 0 aliphatic heterocycles. The number of benzene rings is 1. The Bertz CT molecular complexity index is 427. The highest BCUT2D eigenvalue weighted by Crippen LogP contribution is 2.31. The van der Waals surface area contributed by atoms with Crippen LogP contribution in [0.25, 0.3) is 0 Å². The summed E-state index contributed by atoms with van der Waals surface area (Å²) in [5.41, 5.74) is 0.669. The van der Waals surface area contributed by atoms with Crippen LogP contribution in [0.2, 0.25) is 0 Å². The molecule has 0 bridgehead atoms. The minimum atomic E-state index is 0.295. The number of methoxy groups -OCH3 is 2.